The van der Waals surface area contributed by atoms with Gasteiger partial charge in [-0.15, -0.1) is 0 Å². The first kappa shape index (κ1) is 10.4. The molecule has 0 aromatic carbocycles. The predicted molar refractivity (Wildman–Crippen MR) is 58.3 cm³/mol. The predicted octanol–water partition coefficient (Wildman–Crippen LogP) is 0.684. The molecule has 0 saturated carbocycles. The lowest BCUT2D eigenvalue weighted by atomic mass is 10.2. The summed E-state index contributed by atoms with van der Waals surface area (Å²) < 4.78 is 1.77. The van der Waals surface area contributed by atoms with Crippen LogP contribution in [0.5, 0.6) is 0 Å². The van der Waals surface area contributed by atoms with Crippen molar-refractivity contribution in [2.75, 3.05) is 6.61 Å². The summed E-state index contributed by atoms with van der Waals surface area (Å²) in [5, 5.41) is 16.4. The third-order valence-electron chi connectivity index (χ3n) is 2.62. The van der Waals surface area contributed by atoms with Crippen LogP contribution in [0.25, 0.3) is 0 Å². The van der Waals surface area contributed by atoms with E-state index in [2.05, 4.69) is 22.6 Å². The fraction of sp³-hybridized carbons (Fsp3) is 0.545. The highest BCUT2D eigenvalue weighted by molar-refractivity contribution is 5.05. The Kier molecular flexibility index (Phi) is 3.53. The highest BCUT2D eigenvalue weighted by Gasteiger charge is 2.09. The SMILES string of the molecule is OCCn1cc(CNC2CC=CC2)cn1. The van der Waals surface area contributed by atoms with Crippen LogP contribution in [-0.2, 0) is 13.1 Å². The molecule has 1 aliphatic rings. The van der Waals surface area contributed by atoms with Crippen molar-refractivity contribution >= 4 is 0 Å². The summed E-state index contributed by atoms with van der Waals surface area (Å²) in [7, 11) is 0. The number of nitrogens with one attached hydrogen (secondary N) is 1. The average molecular weight is 207 g/mol. The second-order valence-corrected chi connectivity index (χ2v) is 3.86. The first-order valence-corrected chi connectivity index (χ1v) is 5.39. The van der Waals surface area contributed by atoms with Crippen LogP contribution in [0, 0.1) is 0 Å². The first-order chi connectivity index (χ1) is 7.38. The quantitative estimate of drug-likeness (QED) is 0.698. The van der Waals surface area contributed by atoms with Gasteiger partial charge in [0.15, 0.2) is 0 Å². The smallest absolute Gasteiger partial charge is 0.0640 e. The van der Waals surface area contributed by atoms with Gasteiger partial charge >= 0.3 is 0 Å². The number of hydrogen-bond donors (Lipinski definition) is 2. The van der Waals surface area contributed by atoms with Gasteiger partial charge in [-0.3, -0.25) is 4.68 Å². The van der Waals surface area contributed by atoms with Gasteiger partial charge in [0.25, 0.3) is 0 Å². The molecular weight excluding hydrogens is 190 g/mol. The van der Waals surface area contributed by atoms with Crippen LogP contribution in [0.15, 0.2) is 24.5 Å². The molecule has 0 unspecified atom stereocenters. The molecule has 0 atom stereocenters. The lowest BCUT2D eigenvalue weighted by Crippen LogP contribution is -2.25. The number of aromatic nitrogens is 2. The zero-order valence-corrected chi connectivity index (χ0v) is 8.76. The van der Waals surface area contributed by atoms with Crippen LogP contribution in [0.3, 0.4) is 0 Å². The van der Waals surface area contributed by atoms with Crippen molar-refractivity contribution in [1.29, 1.82) is 0 Å². The van der Waals surface area contributed by atoms with Gasteiger partial charge in [-0.1, -0.05) is 12.2 Å². The Morgan fingerprint density at radius 1 is 1.47 bits per heavy atom. The number of hydrogen-bond acceptors (Lipinski definition) is 3. The van der Waals surface area contributed by atoms with Gasteiger partial charge < -0.3 is 10.4 Å². The molecule has 4 heteroatoms. The lowest BCUT2D eigenvalue weighted by molar-refractivity contribution is 0.269. The Morgan fingerprint density at radius 2 is 2.27 bits per heavy atom. The molecule has 0 radical (unpaired) electrons. The van der Waals surface area contributed by atoms with E-state index in [0.717, 1.165) is 19.4 Å². The zero-order valence-electron chi connectivity index (χ0n) is 8.76. The summed E-state index contributed by atoms with van der Waals surface area (Å²) in [6.45, 7) is 1.57. The van der Waals surface area contributed by atoms with Crippen LogP contribution in [0.4, 0.5) is 0 Å². The molecule has 1 aromatic heterocycles. The molecule has 0 spiro atoms. The largest absolute Gasteiger partial charge is 0.394 e. The standard InChI is InChI=1S/C11H17N3O/c15-6-5-14-9-10(8-13-14)7-12-11-3-1-2-4-11/h1-2,8-9,11-12,15H,3-7H2. The monoisotopic (exact) mass is 207 g/mol. The molecule has 1 heterocycles. The second-order valence-electron chi connectivity index (χ2n) is 3.86. The Morgan fingerprint density at radius 3 is 3.00 bits per heavy atom. The molecule has 0 aliphatic heterocycles. The fourth-order valence-electron chi connectivity index (χ4n) is 1.77. The maximum Gasteiger partial charge on any atom is 0.0640 e. The fourth-order valence-corrected chi connectivity index (χ4v) is 1.77. The van der Waals surface area contributed by atoms with E-state index < -0.39 is 0 Å². The molecular formula is C11H17N3O. The summed E-state index contributed by atoms with van der Waals surface area (Å²) in [6, 6.07) is 0.589. The number of aliphatic hydroxyl groups excluding tert-OH is 1. The summed E-state index contributed by atoms with van der Waals surface area (Å²) in [5.41, 5.74) is 1.18. The highest BCUT2D eigenvalue weighted by atomic mass is 16.3. The van der Waals surface area contributed by atoms with E-state index in [9.17, 15) is 0 Å². The van der Waals surface area contributed by atoms with Crippen molar-refractivity contribution in [2.24, 2.45) is 0 Å². The molecule has 0 amide bonds. The van der Waals surface area contributed by atoms with Crippen LogP contribution in [0.2, 0.25) is 0 Å². The minimum Gasteiger partial charge on any atom is -0.394 e. The van der Waals surface area contributed by atoms with Crippen molar-refractivity contribution in [2.45, 2.75) is 32.0 Å². The van der Waals surface area contributed by atoms with E-state index in [1.54, 1.807) is 4.68 Å². The van der Waals surface area contributed by atoms with Crippen molar-refractivity contribution in [1.82, 2.24) is 15.1 Å². The lowest BCUT2D eigenvalue weighted by Gasteiger charge is -2.09. The van der Waals surface area contributed by atoms with Crippen LogP contribution in [-0.4, -0.2) is 27.5 Å². The molecule has 1 aliphatic carbocycles. The number of aliphatic hydroxyl groups is 1. The summed E-state index contributed by atoms with van der Waals surface area (Å²) >= 11 is 0. The summed E-state index contributed by atoms with van der Waals surface area (Å²) in [5.74, 6) is 0. The Balaban J connectivity index is 1.77. The Hall–Kier alpha value is -1.13. The minimum atomic E-state index is 0.140. The maximum atomic E-state index is 8.75. The molecule has 82 valence electrons. The normalized spacial score (nSPS) is 16.3. The van der Waals surface area contributed by atoms with E-state index in [1.165, 1.54) is 5.56 Å². The minimum absolute atomic E-state index is 0.140. The van der Waals surface area contributed by atoms with Crippen molar-refractivity contribution in [3.05, 3.63) is 30.1 Å². The Labute approximate surface area is 89.6 Å². The second kappa shape index (κ2) is 5.09. The molecule has 2 N–H and O–H groups in total. The topological polar surface area (TPSA) is 50.1 Å². The molecule has 1 aromatic rings. The van der Waals surface area contributed by atoms with Crippen LogP contribution < -0.4 is 5.32 Å². The van der Waals surface area contributed by atoms with Crippen LogP contribution >= 0.6 is 0 Å². The van der Waals surface area contributed by atoms with Gasteiger partial charge in [0.1, 0.15) is 0 Å². The van der Waals surface area contributed by atoms with E-state index in [4.69, 9.17) is 5.11 Å². The van der Waals surface area contributed by atoms with E-state index >= 15 is 0 Å². The van der Waals surface area contributed by atoms with E-state index in [1.807, 2.05) is 12.4 Å². The molecule has 0 bridgehead atoms. The zero-order chi connectivity index (χ0) is 10.5. The third kappa shape index (κ3) is 2.91. The van der Waals surface area contributed by atoms with Gasteiger partial charge in [-0.2, -0.15) is 5.10 Å². The van der Waals surface area contributed by atoms with Crippen LogP contribution in [0.1, 0.15) is 18.4 Å². The van der Waals surface area contributed by atoms with Gasteiger partial charge in [0.2, 0.25) is 0 Å². The van der Waals surface area contributed by atoms with Gasteiger partial charge in [-0.25, -0.2) is 0 Å². The molecule has 2 rings (SSSR count). The number of nitrogens with zero attached hydrogens (tertiary/aromatic N) is 2. The van der Waals surface area contributed by atoms with E-state index in [-0.39, 0.29) is 6.61 Å². The molecule has 0 fully saturated rings. The summed E-state index contributed by atoms with van der Waals surface area (Å²) in [4.78, 5) is 0. The first-order valence-electron chi connectivity index (χ1n) is 5.39. The third-order valence-corrected chi connectivity index (χ3v) is 2.62. The molecule has 4 nitrogen and oxygen atoms in total. The van der Waals surface area contributed by atoms with Crippen molar-refractivity contribution in [3.63, 3.8) is 0 Å². The maximum absolute atomic E-state index is 8.75. The van der Waals surface area contributed by atoms with Gasteiger partial charge in [0, 0.05) is 24.3 Å². The Bertz CT molecular complexity index is 324. The molecule has 15 heavy (non-hydrogen) atoms. The van der Waals surface area contributed by atoms with Crippen molar-refractivity contribution < 1.29 is 5.11 Å². The van der Waals surface area contributed by atoms with E-state index in [0.29, 0.717) is 12.6 Å². The van der Waals surface area contributed by atoms with Gasteiger partial charge in [0.05, 0.1) is 19.3 Å². The van der Waals surface area contributed by atoms with Gasteiger partial charge in [-0.05, 0) is 12.8 Å². The number of rotatable bonds is 5. The highest BCUT2D eigenvalue weighted by Crippen LogP contribution is 2.10. The van der Waals surface area contributed by atoms with Crippen molar-refractivity contribution in [3.8, 4) is 0 Å². The average Bonchev–Trinajstić information content (AvgIpc) is 2.85. The summed E-state index contributed by atoms with van der Waals surface area (Å²) in [6.07, 6.45) is 10.5. The molecule has 0 saturated heterocycles.